The molecule has 2 aromatic rings. The maximum atomic E-state index is 13.4. The maximum Gasteiger partial charge on any atom is 0.279 e. The molecule has 174 valence electrons. The predicted molar refractivity (Wildman–Crippen MR) is 118 cm³/mol. The third kappa shape index (κ3) is 5.03. The molecule has 0 bridgehead atoms. The summed E-state index contributed by atoms with van der Waals surface area (Å²) in [5.74, 6) is -0.529. The van der Waals surface area contributed by atoms with Gasteiger partial charge in [-0.15, -0.1) is 0 Å². The van der Waals surface area contributed by atoms with Gasteiger partial charge in [-0.2, -0.15) is 0 Å². The van der Waals surface area contributed by atoms with Crippen LogP contribution < -0.4 is 10.2 Å². The molecular weight excluding hydrogens is 481 g/mol. The number of rotatable bonds is 8. The Morgan fingerprint density at radius 2 is 1.97 bits per heavy atom. The number of hydroxylamine groups is 1. The molecule has 0 spiro atoms. The number of sulfone groups is 1. The summed E-state index contributed by atoms with van der Waals surface area (Å²) in [4.78, 5) is 12.4. The van der Waals surface area contributed by atoms with Gasteiger partial charge in [-0.25, -0.2) is 13.9 Å². The van der Waals surface area contributed by atoms with Crippen molar-refractivity contribution in [1.82, 2.24) is 5.48 Å². The van der Waals surface area contributed by atoms with Crippen molar-refractivity contribution < 1.29 is 32.6 Å². The highest BCUT2D eigenvalue weighted by Crippen LogP contribution is 2.34. The first-order valence-corrected chi connectivity index (χ1v) is 12.1. The molecule has 1 fully saturated rings. The second-order valence-corrected chi connectivity index (χ2v) is 10.1. The average molecular weight is 504 g/mol. The minimum absolute atomic E-state index is 0.00362. The SMILES string of the molecule is CCOC1(C(=O)NO)COCCC1S(=O)(=O)c1ccc(OCc2ccc(Cl)cc2Cl)cc1. The van der Waals surface area contributed by atoms with E-state index >= 15 is 0 Å². The van der Waals surface area contributed by atoms with Crippen molar-refractivity contribution in [1.29, 1.82) is 0 Å². The first-order valence-electron chi connectivity index (χ1n) is 9.81. The summed E-state index contributed by atoms with van der Waals surface area (Å²) in [7, 11) is -4.01. The van der Waals surface area contributed by atoms with E-state index in [1.165, 1.54) is 29.7 Å². The summed E-state index contributed by atoms with van der Waals surface area (Å²) in [6.07, 6.45) is 0.0308. The van der Waals surface area contributed by atoms with Gasteiger partial charge in [0.25, 0.3) is 5.91 Å². The van der Waals surface area contributed by atoms with Crippen LogP contribution in [0.1, 0.15) is 18.9 Å². The molecule has 2 atom stereocenters. The lowest BCUT2D eigenvalue weighted by atomic mass is 9.94. The van der Waals surface area contributed by atoms with E-state index in [0.29, 0.717) is 15.8 Å². The summed E-state index contributed by atoms with van der Waals surface area (Å²) in [5, 5.41) is 8.93. The Bertz CT molecular complexity index is 1060. The number of hydrogen-bond acceptors (Lipinski definition) is 7. The van der Waals surface area contributed by atoms with Crippen LogP contribution in [-0.2, 0) is 30.7 Å². The molecule has 3 rings (SSSR count). The van der Waals surface area contributed by atoms with Gasteiger partial charge in [0.05, 0.1) is 11.5 Å². The monoisotopic (exact) mass is 503 g/mol. The number of ether oxygens (including phenoxy) is 3. The van der Waals surface area contributed by atoms with Crippen LogP contribution in [0.4, 0.5) is 0 Å². The zero-order valence-electron chi connectivity index (χ0n) is 17.2. The van der Waals surface area contributed by atoms with Gasteiger partial charge < -0.3 is 14.2 Å². The van der Waals surface area contributed by atoms with Crippen molar-refractivity contribution >= 4 is 38.9 Å². The van der Waals surface area contributed by atoms with Crippen LogP contribution in [0.5, 0.6) is 5.75 Å². The van der Waals surface area contributed by atoms with Gasteiger partial charge in [0.2, 0.25) is 0 Å². The molecule has 1 aliphatic rings. The van der Waals surface area contributed by atoms with E-state index in [1.54, 1.807) is 25.1 Å². The quantitative estimate of drug-likeness (QED) is 0.419. The first-order chi connectivity index (χ1) is 15.2. The van der Waals surface area contributed by atoms with Crippen molar-refractivity contribution in [3.63, 3.8) is 0 Å². The molecule has 11 heteroatoms. The molecule has 1 saturated heterocycles. The lowest BCUT2D eigenvalue weighted by Gasteiger charge is -2.40. The fourth-order valence-corrected chi connectivity index (χ4v) is 6.06. The second kappa shape index (κ2) is 10.4. The highest BCUT2D eigenvalue weighted by Gasteiger charge is 2.55. The molecule has 32 heavy (non-hydrogen) atoms. The van der Waals surface area contributed by atoms with Gasteiger partial charge in [-0.1, -0.05) is 29.3 Å². The molecule has 1 amide bonds. The van der Waals surface area contributed by atoms with Gasteiger partial charge in [0.1, 0.15) is 17.6 Å². The molecule has 0 aliphatic carbocycles. The molecule has 8 nitrogen and oxygen atoms in total. The molecule has 2 aromatic carbocycles. The minimum Gasteiger partial charge on any atom is -0.489 e. The second-order valence-electron chi connectivity index (χ2n) is 7.13. The zero-order valence-corrected chi connectivity index (χ0v) is 19.5. The van der Waals surface area contributed by atoms with Crippen LogP contribution in [0.15, 0.2) is 47.4 Å². The summed E-state index contributed by atoms with van der Waals surface area (Å²) in [6.45, 7) is 1.71. The molecule has 2 N–H and O–H groups in total. The van der Waals surface area contributed by atoms with Crippen molar-refractivity contribution in [2.24, 2.45) is 0 Å². The van der Waals surface area contributed by atoms with Gasteiger partial charge in [0.15, 0.2) is 15.4 Å². The van der Waals surface area contributed by atoms with Gasteiger partial charge in [0, 0.05) is 28.8 Å². The summed E-state index contributed by atoms with van der Waals surface area (Å²) < 4.78 is 43.4. The highest BCUT2D eigenvalue weighted by atomic mass is 35.5. The standard InChI is InChI=1S/C21H23Cl2NO7S/c1-2-31-21(20(25)24-26)13-29-10-9-19(21)32(27,28)17-7-5-16(6-8-17)30-12-14-3-4-15(22)11-18(14)23/h3-8,11,19,26H,2,9-10,12-13H2,1H3,(H,24,25). The number of carbonyl (C=O) groups is 1. The number of hydrogen-bond donors (Lipinski definition) is 2. The lowest BCUT2D eigenvalue weighted by Crippen LogP contribution is -2.63. The fourth-order valence-electron chi connectivity index (χ4n) is 3.60. The largest absolute Gasteiger partial charge is 0.489 e. The van der Waals surface area contributed by atoms with E-state index in [9.17, 15) is 18.4 Å². The van der Waals surface area contributed by atoms with E-state index in [4.69, 9.17) is 37.4 Å². The van der Waals surface area contributed by atoms with Crippen molar-refractivity contribution in [2.45, 2.75) is 35.7 Å². The van der Waals surface area contributed by atoms with E-state index in [2.05, 4.69) is 0 Å². The zero-order chi connectivity index (χ0) is 23.4. The molecule has 2 unspecified atom stereocenters. The molecule has 0 aromatic heterocycles. The van der Waals surface area contributed by atoms with Crippen LogP contribution in [0.2, 0.25) is 10.0 Å². The topological polar surface area (TPSA) is 111 Å². The van der Waals surface area contributed by atoms with Gasteiger partial charge in [-0.05, 0) is 49.7 Å². The van der Waals surface area contributed by atoms with E-state index < -0.39 is 26.6 Å². The first kappa shape index (κ1) is 24.8. The number of benzene rings is 2. The smallest absolute Gasteiger partial charge is 0.279 e. The number of nitrogens with one attached hydrogen (secondary N) is 1. The predicted octanol–water partition coefficient (Wildman–Crippen LogP) is 3.42. The molecular formula is C21H23Cl2NO7S. The van der Waals surface area contributed by atoms with E-state index in [-0.39, 0.29) is 37.7 Å². The van der Waals surface area contributed by atoms with Crippen LogP contribution in [0, 0.1) is 0 Å². The van der Waals surface area contributed by atoms with Crippen LogP contribution in [0.25, 0.3) is 0 Å². The number of halogens is 2. The molecule has 1 heterocycles. The Labute approximate surface area is 196 Å². The normalized spacial score (nSPS) is 21.2. The van der Waals surface area contributed by atoms with E-state index in [1.807, 2.05) is 0 Å². The van der Waals surface area contributed by atoms with Crippen LogP contribution in [0.3, 0.4) is 0 Å². The Morgan fingerprint density at radius 3 is 2.59 bits per heavy atom. The van der Waals surface area contributed by atoms with Gasteiger partial charge >= 0.3 is 0 Å². The Morgan fingerprint density at radius 1 is 1.25 bits per heavy atom. The van der Waals surface area contributed by atoms with Gasteiger partial charge in [-0.3, -0.25) is 10.0 Å². The van der Waals surface area contributed by atoms with Crippen molar-refractivity contribution in [3.05, 3.63) is 58.1 Å². The molecule has 1 aliphatic heterocycles. The van der Waals surface area contributed by atoms with E-state index in [0.717, 1.165) is 5.56 Å². The Hall–Kier alpha value is -1.88. The fraction of sp³-hybridized carbons (Fsp3) is 0.381. The molecule has 0 radical (unpaired) electrons. The lowest BCUT2D eigenvalue weighted by molar-refractivity contribution is -0.172. The highest BCUT2D eigenvalue weighted by molar-refractivity contribution is 7.92. The average Bonchev–Trinajstić information content (AvgIpc) is 2.78. The summed E-state index contributed by atoms with van der Waals surface area (Å²) in [5.41, 5.74) is 0.384. The summed E-state index contributed by atoms with van der Waals surface area (Å²) in [6, 6.07) is 10.9. The van der Waals surface area contributed by atoms with Crippen LogP contribution >= 0.6 is 23.2 Å². The third-order valence-corrected chi connectivity index (χ3v) is 8.07. The molecule has 0 saturated carbocycles. The number of carbonyl (C=O) groups excluding carboxylic acids is 1. The Balaban J connectivity index is 1.82. The number of amides is 1. The van der Waals surface area contributed by atoms with Crippen molar-refractivity contribution in [2.75, 3.05) is 19.8 Å². The van der Waals surface area contributed by atoms with Crippen LogP contribution in [-0.4, -0.2) is 50.2 Å². The maximum absolute atomic E-state index is 13.4. The third-order valence-electron chi connectivity index (χ3n) is 5.19. The Kier molecular flexibility index (Phi) is 8.02. The van der Waals surface area contributed by atoms with Crippen molar-refractivity contribution in [3.8, 4) is 5.75 Å². The minimum atomic E-state index is -4.01. The summed E-state index contributed by atoms with van der Waals surface area (Å²) >= 11 is 12.0.